The van der Waals surface area contributed by atoms with Crippen molar-refractivity contribution in [2.75, 3.05) is 0 Å². The number of H-pyrrole nitrogens is 1. The predicted molar refractivity (Wildman–Crippen MR) is 92.1 cm³/mol. The molecule has 0 bridgehead atoms. The fourth-order valence-corrected chi connectivity index (χ4v) is 2.04. The summed E-state index contributed by atoms with van der Waals surface area (Å²) in [5.74, 6) is -1.27. The normalized spacial score (nSPS) is 10.0. The molecule has 1 aromatic heterocycles. The minimum absolute atomic E-state index is 0.0190. The van der Waals surface area contributed by atoms with Crippen molar-refractivity contribution in [2.24, 2.45) is 0 Å². The van der Waals surface area contributed by atoms with E-state index < -0.39 is 22.4 Å². The molecule has 130 valence electrons. The Balaban J connectivity index is 1.94. The summed E-state index contributed by atoms with van der Waals surface area (Å²) in [6.07, 6.45) is 0. The highest BCUT2D eigenvalue weighted by Gasteiger charge is 2.17. The van der Waals surface area contributed by atoms with E-state index in [9.17, 15) is 19.7 Å². The minimum atomic E-state index is -0.707. The van der Waals surface area contributed by atoms with Crippen LogP contribution < -0.4 is 16.2 Å². The van der Waals surface area contributed by atoms with Gasteiger partial charge in [0.1, 0.15) is 5.02 Å². The molecule has 0 aliphatic carbocycles. The molecule has 0 spiro atoms. The first kappa shape index (κ1) is 18.3. The van der Waals surface area contributed by atoms with Crippen LogP contribution in [0, 0.1) is 17.0 Å². The van der Waals surface area contributed by atoms with Crippen LogP contribution in [0.4, 0.5) is 5.69 Å². The number of hydrazine groups is 1. The summed E-state index contributed by atoms with van der Waals surface area (Å²) in [4.78, 5) is 33.9. The maximum absolute atomic E-state index is 12.0. The Hall–Kier alpha value is -3.05. The highest BCUT2D eigenvalue weighted by atomic mass is 35.5. The highest BCUT2D eigenvalue weighted by Crippen LogP contribution is 2.24. The summed E-state index contributed by atoms with van der Waals surface area (Å²) in [6, 6.07) is 5.07. The van der Waals surface area contributed by atoms with Gasteiger partial charge in [0, 0.05) is 17.3 Å². The van der Waals surface area contributed by atoms with Gasteiger partial charge in [-0.25, -0.2) is 0 Å². The van der Waals surface area contributed by atoms with E-state index in [0.717, 1.165) is 6.07 Å². The van der Waals surface area contributed by atoms with Crippen molar-refractivity contribution in [1.29, 1.82) is 0 Å². The maximum atomic E-state index is 12.0. The van der Waals surface area contributed by atoms with E-state index in [1.165, 1.54) is 18.2 Å². The number of carbonyl (C=O) groups excluding carboxylic acids is 2. The van der Waals surface area contributed by atoms with Gasteiger partial charge in [-0.15, -0.1) is 0 Å². The van der Waals surface area contributed by atoms with Gasteiger partial charge in [0.15, 0.2) is 10.8 Å². The number of nitrogens with zero attached hydrogens (tertiary/aromatic N) is 2. The number of hydrogen-bond donors (Lipinski definition) is 4. The lowest BCUT2D eigenvalue weighted by molar-refractivity contribution is -0.384. The number of nitro benzene ring substituents is 1. The van der Waals surface area contributed by atoms with Crippen molar-refractivity contribution in [1.82, 2.24) is 26.4 Å². The summed E-state index contributed by atoms with van der Waals surface area (Å²) in [5, 5.41) is 19.2. The third-order valence-corrected chi connectivity index (χ3v) is 3.38. The zero-order valence-electron chi connectivity index (χ0n) is 12.6. The van der Waals surface area contributed by atoms with Gasteiger partial charge in [-0.2, -0.15) is 5.10 Å². The van der Waals surface area contributed by atoms with Gasteiger partial charge in [-0.1, -0.05) is 11.6 Å². The van der Waals surface area contributed by atoms with Crippen LogP contribution in [0.3, 0.4) is 0 Å². The molecule has 12 heteroatoms. The topological polar surface area (TPSA) is 142 Å². The number of benzene rings is 1. The molecule has 0 saturated carbocycles. The van der Waals surface area contributed by atoms with Crippen LogP contribution in [0.15, 0.2) is 24.3 Å². The maximum Gasteiger partial charge on any atom is 0.290 e. The molecule has 1 heterocycles. The number of aromatic nitrogens is 2. The van der Waals surface area contributed by atoms with Gasteiger partial charge in [-0.05, 0) is 37.3 Å². The third kappa shape index (κ3) is 4.71. The number of hydrogen-bond acceptors (Lipinski definition) is 6. The quantitative estimate of drug-likeness (QED) is 0.355. The lowest BCUT2D eigenvalue weighted by atomic mass is 10.2. The molecule has 2 aromatic rings. The second kappa shape index (κ2) is 7.68. The van der Waals surface area contributed by atoms with Crippen molar-refractivity contribution in [3.8, 4) is 0 Å². The van der Waals surface area contributed by atoms with Gasteiger partial charge in [0.25, 0.3) is 17.5 Å². The number of nitro groups is 1. The van der Waals surface area contributed by atoms with Gasteiger partial charge in [0.2, 0.25) is 0 Å². The molecule has 0 atom stereocenters. The average Bonchev–Trinajstić information content (AvgIpc) is 2.99. The first-order chi connectivity index (χ1) is 11.8. The van der Waals surface area contributed by atoms with Crippen LogP contribution in [-0.2, 0) is 0 Å². The van der Waals surface area contributed by atoms with Crippen LogP contribution in [0.2, 0.25) is 5.02 Å². The number of rotatable bonds is 3. The molecule has 4 N–H and O–H groups in total. The summed E-state index contributed by atoms with van der Waals surface area (Å²) >= 11 is 10.5. The molecule has 0 fully saturated rings. The molecule has 0 radical (unpaired) electrons. The van der Waals surface area contributed by atoms with Crippen molar-refractivity contribution in [2.45, 2.75) is 6.92 Å². The van der Waals surface area contributed by atoms with E-state index in [0.29, 0.717) is 5.69 Å². The fourth-order valence-electron chi connectivity index (χ4n) is 1.71. The standard InChI is InChI=1S/C13H11ClN6O4S/c1-6-4-9(17-16-6)12(22)18-19-13(25)15-11(21)7-2-3-8(14)10(5-7)20(23)24/h2-5H,1H3,(H,16,17)(H,18,22)(H2,15,19,21,25). The number of halogens is 1. The Morgan fingerprint density at radius 2 is 2.00 bits per heavy atom. The molecule has 0 aliphatic heterocycles. The van der Waals surface area contributed by atoms with E-state index in [2.05, 4.69) is 26.4 Å². The highest BCUT2D eigenvalue weighted by molar-refractivity contribution is 7.80. The van der Waals surface area contributed by atoms with E-state index in [-0.39, 0.29) is 21.4 Å². The Bertz CT molecular complexity index is 868. The van der Waals surface area contributed by atoms with Crippen LogP contribution >= 0.6 is 23.8 Å². The Morgan fingerprint density at radius 3 is 2.60 bits per heavy atom. The third-order valence-electron chi connectivity index (χ3n) is 2.86. The van der Waals surface area contributed by atoms with Crippen molar-refractivity contribution < 1.29 is 14.5 Å². The molecule has 2 rings (SSSR count). The number of nitrogens with one attached hydrogen (secondary N) is 4. The summed E-state index contributed by atoms with van der Waals surface area (Å²) in [7, 11) is 0. The molecule has 2 amide bonds. The van der Waals surface area contributed by atoms with Gasteiger partial charge in [0.05, 0.1) is 4.92 Å². The molecule has 25 heavy (non-hydrogen) atoms. The summed E-state index contributed by atoms with van der Waals surface area (Å²) in [5.41, 5.74) is 4.98. The van der Waals surface area contributed by atoms with Gasteiger partial charge < -0.3 is 0 Å². The zero-order chi connectivity index (χ0) is 18.6. The number of amides is 2. The smallest absolute Gasteiger partial charge is 0.290 e. The second-order valence-corrected chi connectivity index (χ2v) is 5.54. The van der Waals surface area contributed by atoms with Crippen LogP contribution in [-0.4, -0.2) is 32.0 Å². The Kier molecular flexibility index (Phi) is 5.62. The minimum Gasteiger partial charge on any atom is -0.298 e. The van der Waals surface area contributed by atoms with E-state index >= 15 is 0 Å². The molecular weight excluding hydrogens is 372 g/mol. The number of aryl methyl sites for hydroxylation is 1. The van der Waals surface area contributed by atoms with E-state index in [1.54, 1.807) is 6.92 Å². The fraction of sp³-hybridized carbons (Fsp3) is 0.0769. The van der Waals surface area contributed by atoms with Crippen molar-refractivity contribution in [3.63, 3.8) is 0 Å². The number of thiocarbonyl (C=S) groups is 1. The van der Waals surface area contributed by atoms with Crippen LogP contribution in [0.25, 0.3) is 0 Å². The van der Waals surface area contributed by atoms with E-state index in [4.69, 9.17) is 23.8 Å². The lowest BCUT2D eigenvalue weighted by Gasteiger charge is -2.10. The first-order valence-corrected chi connectivity index (χ1v) is 7.44. The predicted octanol–water partition coefficient (Wildman–Crippen LogP) is 1.23. The average molecular weight is 383 g/mol. The lowest BCUT2D eigenvalue weighted by Crippen LogP contribution is -2.48. The molecule has 0 unspecified atom stereocenters. The van der Waals surface area contributed by atoms with Crippen LogP contribution in [0.5, 0.6) is 0 Å². The monoisotopic (exact) mass is 382 g/mol. The van der Waals surface area contributed by atoms with Gasteiger partial charge >= 0.3 is 0 Å². The van der Waals surface area contributed by atoms with Crippen molar-refractivity contribution >= 4 is 46.4 Å². The van der Waals surface area contributed by atoms with Gasteiger partial charge in [-0.3, -0.25) is 41.0 Å². The number of carbonyl (C=O) groups is 2. The SMILES string of the molecule is Cc1cc(C(=O)NNC(=S)NC(=O)c2ccc(Cl)c([N+](=O)[O-])c2)n[nH]1. The van der Waals surface area contributed by atoms with Crippen LogP contribution in [0.1, 0.15) is 26.5 Å². The largest absolute Gasteiger partial charge is 0.298 e. The molecular formula is C13H11ClN6O4S. The van der Waals surface area contributed by atoms with Crippen molar-refractivity contribution in [3.05, 3.63) is 56.4 Å². The second-order valence-electron chi connectivity index (χ2n) is 4.72. The zero-order valence-corrected chi connectivity index (χ0v) is 14.2. The summed E-state index contributed by atoms with van der Waals surface area (Å²) in [6.45, 7) is 1.73. The Labute approximate surface area is 151 Å². The molecule has 10 nitrogen and oxygen atoms in total. The Morgan fingerprint density at radius 1 is 1.28 bits per heavy atom. The number of aromatic amines is 1. The molecule has 0 saturated heterocycles. The first-order valence-electron chi connectivity index (χ1n) is 6.65. The summed E-state index contributed by atoms with van der Waals surface area (Å²) < 4.78 is 0. The molecule has 1 aromatic carbocycles. The van der Waals surface area contributed by atoms with E-state index in [1.807, 2.05) is 0 Å². The molecule has 0 aliphatic rings.